The standard InChI is InChI=1S/C24H22ClN3O3/c25-17-4-3-5-20(16-17)28-14-12-27(13-15-28)19-10-8-18(9-11-19)26-23(29)21-6-1-2-7-22(21)24(30)31/h1-11,16H,12-15H2,(H,26,29)(H,30,31). The monoisotopic (exact) mass is 435 g/mol. The molecule has 31 heavy (non-hydrogen) atoms. The second kappa shape index (κ2) is 9.10. The van der Waals surface area contributed by atoms with Crippen molar-refractivity contribution in [3.63, 3.8) is 0 Å². The van der Waals surface area contributed by atoms with Crippen LogP contribution >= 0.6 is 11.6 Å². The zero-order valence-electron chi connectivity index (χ0n) is 16.8. The summed E-state index contributed by atoms with van der Waals surface area (Å²) in [5.41, 5.74) is 2.94. The number of rotatable bonds is 5. The lowest BCUT2D eigenvalue weighted by molar-refractivity contribution is 0.0692. The molecule has 0 atom stereocenters. The van der Waals surface area contributed by atoms with E-state index in [9.17, 15) is 14.7 Å². The maximum Gasteiger partial charge on any atom is 0.336 e. The third-order valence-corrected chi connectivity index (χ3v) is 5.58. The Balaban J connectivity index is 1.38. The number of anilines is 3. The van der Waals surface area contributed by atoms with Gasteiger partial charge in [-0.25, -0.2) is 4.79 Å². The highest BCUT2D eigenvalue weighted by Crippen LogP contribution is 2.24. The molecule has 1 aliphatic rings. The molecule has 0 unspecified atom stereocenters. The second-order valence-electron chi connectivity index (χ2n) is 7.31. The van der Waals surface area contributed by atoms with E-state index >= 15 is 0 Å². The van der Waals surface area contributed by atoms with E-state index < -0.39 is 11.9 Å². The van der Waals surface area contributed by atoms with Gasteiger partial charge in [-0.3, -0.25) is 4.79 Å². The van der Waals surface area contributed by atoms with E-state index in [4.69, 9.17) is 11.6 Å². The SMILES string of the molecule is O=C(O)c1ccccc1C(=O)Nc1ccc(N2CCN(c3cccc(Cl)c3)CC2)cc1. The highest BCUT2D eigenvalue weighted by atomic mass is 35.5. The van der Waals surface area contributed by atoms with Crippen LogP contribution in [0.1, 0.15) is 20.7 Å². The molecule has 7 heteroatoms. The van der Waals surface area contributed by atoms with E-state index in [0.717, 1.165) is 42.6 Å². The summed E-state index contributed by atoms with van der Waals surface area (Å²) in [6.07, 6.45) is 0. The van der Waals surface area contributed by atoms with Crippen molar-refractivity contribution in [2.24, 2.45) is 0 Å². The van der Waals surface area contributed by atoms with Crippen molar-refractivity contribution in [2.75, 3.05) is 41.3 Å². The maximum absolute atomic E-state index is 12.5. The fourth-order valence-electron chi connectivity index (χ4n) is 3.72. The van der Waals surface area contributed by atoms with Crippen molar-refractivity contribution in [2.45, 2.75) is 0 Å². The smallest absolute Gasteiger partial charge is 0.336 e. The number of nitrogens with one attached hydrogen (secondary N) is 1. The van der Waals surface area contributed by atoms with Crippen molar-refractivity contribution < 1.29 is 14.7 Å². The van der Waals surface area contributed by atoms with Crippen LogP contribution in [-0.4, -0.2) is 43.2 Å². The number of hydrogen-bond donors (Lipinski definition) is 2. The molecule has 1 fully saturated rings. The molecule has 0 radical (unpaired) electrons. The number of aromatic carboxylic acids is 1. The Morgan fingerprint density at radius 1 is 0.774 bits per heavy atom. The van der Waals surface area contributed by atoms with Gasteiger partial charge in [-0.15, -0.1) is 0 Å². The Morgan fingerprint density at radius 3 is 2.00 bits per heavy atom. The van der Waals surface area contributed by atoms with Gasteiger partial charge in [-0.2, -0.15) is 0 Å². The van der Waals surface area contributed by atoms with Gasteiger partial charge in [-0.1, -0.05) is 29.8 Å². The molecule has 1 amide bonds. The van der Waals surface area contributed by atoms with Gasteiger partial charge in [0.25, 0.3) is 5.91 Å². The van der Waals surface area contributed by atoms with Crippen LogP contribution in [0.2, 0.25) is 5.02 Å². The lowest BCUT2D eigenvalue weighted by atomic mass is 10.1. The third kappa shape index (κ3) is 4.81. The quantitative estimate of drug-likeness (QED) is 0.612. The molecule has 2 N–H and O–H groups in total. The number of carboxylic acid groups (broad SMARTS) is 1. The van der Waals surface area contributed by atoms with Crippen molar-refractivity contribution in [1.82, 2.24) is 0 Å². The Hall–Kier alpha value is -3.51. The minimum absolute atomic E-state index is 0.0193. The van der Waals surface area contributed by atoms with E-state index in [1.165, 1.54) is 12.1 Å². The van der Waals surface area contributed by atoms with E-state index in [2.05, 4.69) is 21.2 Å². The molecule has 158 valence electrons. The fraction of sp³-hybridized carbons (Fsp3) is 0.167. The average molecular weight is 436 g/mol. The summed E-state index contributed by atoms with van der Waals surface area (Å²) < 4.78 is 0. The van der Waals surface area contributed by atoms with Crippen molar-refractivity contribution in [1.29, 1.82) is 0 Å². The Bertz CT molecular complexity index is 1090. The van der Waals surface area contributed by atoms with Crippen LogP contribution < -0.4 is 15.1 Å². The first-order valence-corrected chi connectivity index (χ1v) is 10.4. The van der Waals surface area contributed by atoms with E-state index in [1.54, 1.807) is 12.1 Å². The number of carboxylic acids is 1. The molecule has 0 aromatic heterocycles. The number of halogens is 1. The van der Waals surface area contributed by atoms with Gasteiger partial charge in [0.15, 0.2) is 0 Å². The molecule has 6 nitrogen and oxygen atoms in total. The first-order valence-electron chi connectivity index (χ1n) is 10.0. The maximum atomic E-state index is 12.5. The Labute approximate surface area is 185 Å². The molecule has 0 bridgehead atoms. The highest BCUT2D eigenvalue weighted by Gasteiger charge is 2.19. The van der Waals surface area contributed by atoms with Crippen molar-refractivity contribution in [3.05, 3.63) is 88.9 Å². The number of hydrogen-bond acceptors (Lipinski definition) is 4. The first kappa shape index (κ1) is 20.8. The molecule has 4 rings (SSSR count). The van der Waals surface area contributed by atoms with Crippen LogP contribution in [0.3, 0.4) is 0 Å². The minimum Gasteiger partial charge on any atom is -0.478 e. The topological polar surface area (TPSA) is 72.9 Å². The van der Waals surface area contributed by atoms with E-state index in [0.29, 0.717) is 5.69 Å². The molecular formula is C24H22ClN3O3. The summed E-state index contributed by atoms with van der Waals surface area (Å²) in [6, 6.07) is 21.7. The summed E-state index contributed by atoms with van der Waals surface area (Å²) in [5, 5.41) is 12.8. The number of piperazine rings is 1. The zero-order chi connectivity index (χ0) is 21.8. The molecule has 3 aromatic rings. The minimum atomic E-state index is -1.13. The predicted octanol–water partition coefficient (Wildman–Crippen LogP) is 4.62. The number of carbonyl (C=O) groups is 2. The van der Waals surface area contributed by atoms with Gasteiger partial charge in [0, 0.05) is 48.3 Å². The van der Waals surface area contributed by atoms with Crippen LogP contribution in [0.5, 0.6) is 0 Å². The first-order chi connectivity index (χ1) is 15.0. The van der Waals surface area contributed by atoms with E-state index in [1.807, 2.05) is 42.5 Å². The summed E-state index contributed by atoms with van der Waals surface area (Å²) in [4.78, 5) is 28.5. The largest absolute Gasteiger partial charge is 0.478 e. The van der Waals surface area contributed by atoms with Gasteiger partial charge in [0.2, 0.25) is 0 Å². The molecule has 1 aliphatic heterocycles. The van der Waals surface area contributed by atoms with Crippen LogP contribution in [-0.2, 0) is 0 Å². The molecular weight excluding hydrogens is 414 g/mol. The van der Waals surface area contributed by atoms with Crippen LogP contribution in [0.25, 0.3) is 0 Å². The molecule has 3 aromatic carbocycles. The predicted molar refractivity (Wildman–Crippen MR) is 124 cm³/mol. The van der Waals surface area contributed by atoms with Crippen LogP contribution in [0, 0.1) is 0 Å². The summed E-state index contributed by atoms with van der Waals surface area (Å²) in [5.74, 6) is -1.57. The second-order valence-corrected chi connectivity index (χ2v) is 7.74. The fourth-order valence-corrected chi connectivity index (χ4v) is 3.90. The summed E-state index contributed by atoms with van der Waals surface area (Å²) in [7, 11) is 0. The Kier molecular flexibility index (Phi) is 6.09. The van der Waals surface area contributed by atoms with Crippen LogP contribution in [0.4, 0.5) is 17.1 Å². The lowest BCUT2D eigenvalue weighted by Crippen LogP contribution is -2.46. The summed E-state index contributed by atoms with van der Waals surface area (Å²) >= 11 is 6.11. The third-order valence-electron chi connectivity index (χ3n) is 5.35. The highest BCUT2D eigenvalue weighted by molar-refractivity contribution is 6.30. The summed E-state index contributed by atoms with van der Waals surface area (Å²) in [6.45, 7) is 3.55. The van der Waals surface area contributed by atoms with Gasteiger partial charge >= 0.3 is 5.97 Å². The normalized spacial score (nSPS) is 13.7. The average Bonchev–Trinajstić information content (AvgIpc) is 2.79. The lowest BCUT2D eigenvalue weighted by Gasteiger charge is -2.37. The zero-order valence-corrected chi connectivity index (χ0v) is 17.5. The van der Waals surface area contributed by atoms with Crippen LogP contribution in [0.15, 0.2) is 72.8 Å². The van der Waals surface area contributed by atoms with Crippen molar-refractivity contribution >= 4 is 40.5 Å². The van der Waals surface area contributed by atoms with E-state index in [-0.39, 0.29) is 11.1 Å². The Morgan fingerprint density at radius 2 is 1.39 bits per heavy atom. The number of carbonyl (C=O) groups excluding carboxylic acids is 1. The van der Waals surface area contributed by atoms with Gasteiger partial charge < -0.3 is 20.2 Å². The number of nitrogens with zero attached hydrogens (tertiary/aromatic N) is 2. The molecule has 1 heterocycles. The number of benzene rings is 3. The van der Waals surface area contributed by atoms with Gasteiger partial charge in [-0.05, 0) is 54.6 Å². The molecule has 0 spiro atoms. The molecule has 0 saturated carbocycles. The number of amides is 1. The molecule has 0 aliphatic carbocycles. The van der Waals surface area contributed by atoms with Crippen molar-refractivity contribution in [3.8, 4) is 0 Å². The van der Waals surface area contributed by atoms with Gasteiger partial charge in [0.1, 0.15) is 0 Å². The molecule has 1 saturated heterocycles. The van der Waals surface area contributed by atoms with Gasteiger partial charge in [0.05, 0.1) is 11.1 Å².